The van der Waals surface area contributed by atoms with Gasteiger partial charge in [-0.2, -0.15) is 13.2 Å². The van der Waals surface area contributed by atoms with Crippen LogP contribution in [0.3, 0.4) is 0 Å². The lowest BCUT2D eigenvalue weighted by Crippen LogP contribution is -2.49. The van der Waals surface area contributed by atoms with Crippen molar-refractivity contribution in [2.24, 2.45) is 17.6 Å². The highest BCUT2D eigenvalue weighted by atomic mass is 19.4. The first-order valence-corrected chi connectivity index (χ1v) is 5.32. The summed E-state index contributed by atoms with van der Waals surface area (Å²) in [6.45, 7) is -1.13. The summed E-state index contributed by atoms with van der Waals surface area (Å²) >= 11 is 0. The van der Waals surface area contributed by atoms with Crippen molar-refractivity contribution in [1.82, 2.24) is 0 Å². The summed E-state index contributed by atoms with van der Waals surface area (Å²) < 4.78 is 40.3. The van der Waals surface area contributed by atoms with Gasteiger partial charge in [0, 0.05) is 5.54 Å². The van der Waals surface area contributed by atoms with Gasteiger partial charge in [-0.1, -0.05) is 6.42 Å². The number of halogens is 3. The zero-order valence-corrected chi connectivity index (χ0v) is 8.52. The van der Waals surface area contributed by atoms with Crippen molar-refractivity contribution < 1.29 is 17.9 Å². The third kappa shape index (κ3) is 2.45. The van der Waals surface area contributed by atoms with E-state index < -0.39 is 18.3 Å². The smallest absolute Gasteiger partial charge is 0.370 e. The van der Waals surface area contributed by atoms with Crippen LogP contribution in [0.25, 0.3) is 0 Å². The Balaban J connectivity index is 1.80. The van der Waals surface area contributed by atoms with Gasteiger partial charge >= 0.3 is 6.18 Å². The van der Waals surface area contributed by atoms with Crippen LogP contribution in [-0.4, -0.2) is 24.9 Å². The minimum absolute atomic E-state index is 0.0493. The van der Waals surface area contributed by atoms with Crippen molar-refractivity contribution in [3.8, 4) is 0 Å². The summed E-state index contributed by atoms with van der Waals surface area (Å²) in [5, 5.41) is 0. The Hall–Kier alpha value is -0.290. The second-order valence-electron chi connectivity index (χ2n) is 4.92. The Kier molecular flexibility index (Phi) is 2.71. The van der Waals surface area contributed by atoms with E-state index in [0.29, 0.717) is 11.8 Å². The Bertz CT molecular complexity index is 243. The minimum atomic E-state index is -4.24. The number of hydrogen-bond acceptors (Lipinski definition) is 2. The maximum Gasteiger partial charge on any atom is 0.411 e. The second-order valence-corrected chi connectivity index (χ2v) is 4.92. The number of fused-ring (bicyclic) bond motifs is 2. The van der Waals surface area contributed by atoms with E-state index in [9.17, 15) is 13.2 Å². The maximum atomic E-state index is 11.9. The Morgan fingerprint density at radius 3 is 2.53 bits per heavy atom. The fraction of sp³-hybridized carbons (Fsp3) is 1.00. The van der Waals surface area contributed by atoms with Gasteiger partial charge in [-0.15, -0.1) is 0 Å². The quantitative estimate of drug-likeness (QED) is 0.795. The van der Waals surface area contributed by atoms with Gasteiger partial charge in [0.1, 0.15) is 6.61 Å². The Labute approximate surface area is 87.0 Å². The molecule has 2 aliphatic carbocycles. The molecule has 0 aromatic heterocycles. The van der Waals surface area contributed by atoms with E-state index in [4.69, 9.17) is 5.73 Å². The molecule has 2 rings (SSSR count). The van der Waals surface area contributed by atoms with Gasteiger partial charge < -0.3 is 10.5 Å². The van der Waals surface area contributed by atoms with Crippen LogP contribution in [-0.2, 0) is 4.74 Å². The number of rotatable bonds is 3. The van der Waals surface area contributed by atoms with Gasteiger partial charge in [0.2, 0.25) is 0 Å². The predicted octanol–water partition coefficient (Wildman–Crippen LogP) is 2.08. The van der Waals surface area contributed by atoms with Crippen LogP contribution in [0.15, 0.2) is 0 Å². The van der Waals surface area contributed by atoms with Crippen LogP contribution >= 0.6 is 0 Å². The van der Waals surface area contributed by atoms with Crippen LogP contribution in [0.5, 0.6) is 0 Å². The van der Waals surface area contributed by atoms with E-state index >= 15 is 0 Å². The molecule has 2 saturated carbocycles. The van der Waals surface area contributed by atoms with Crippen molar-refractivity contribution in [1.29, 1.82) is 0 Å². The molecule has 0 saturated heterocycles. The molecule has 0 radical (unpaired) electrons. The molecule has 0 heterocycles. The summed E-state index contributed by atoms with van der Waals surface area (Å²) in [4.78, 5) is 0. The van der Waals surface area contributed by atoms with Gasteiger partial charge in [-0.05, 0) is 31.1 Å². The van der Waals surface area contributed by atoms with Crippen molar-refractivity contribution in [2.75, 3.05) is 13.2 Å². The molecule has 15 heavy (non-hydrogen) atoms. The van der Waals surface area contributed by atoms with Crippen molar-refractivity contribution in [2.45, 2.75) is 37.4 Å². The summed E-state index contributed by atoms with van der Waals surface area (Å²) in [5.74, 6) is 0.991. The summed E-state index contributed by atoms with van der Waals surface area (Å²) in [7, 11) is 0. The first kappa shape index (κ1) is 11.2. The predicted molar refractivity (Wildman–Crippen MR) is 49.2 cm³/mol. The zero-order chi connectivity index (χ0) is 11.1. The highest BCUT2D eigenvalue weighted by Gasteiger charge is 2.48. The molecule has 0 amide bonds. The normalized spacial score (nSPS) is 40.0. The zero-order valence-electron chi connectivity index (χ0n) is 8.52. The first-order valence-electron chi connectivity index (χ1n) is 5.32. The average Bonchev–Trinajstić information content (AvgIpc) is 2.60. The molecule has 2 fully saturated rings. The van der Waals surface area contributed by atoms with Gasteiger partial charge in [-0.25, -0.2) is 0 Å². The molecule has 2 aliphatic rings. The third-order valence-electron chi connectivity index (χ3n) is 3.66. The fourth-order valence-corrected chi connectivity index (χ4v) is 3.02. The summed E-state index contributed by atoms with van der Waals surface area (Å²) in [5.41, 5.74) is 5.59. The topological polar surface area (TPSA) is 35.2 Å². The number of hydrogen-bond donors (Lipinski definition) is 1. The molecular formula is C10H16F3NO. The van der Waals surface area contributed by atoms with Crippen molar-refractivity contribution >= 4 is 0 Å². The molecule has 3 atom stereocenters. The van der Waals surface area contributed by atoms with Crippen LogP contribution in [0.1, 0.15) is 25.7 Å². The average molecular weight is 223 g/mol. The van der Waals surface area contributed by atoms with E-state index in [1.165, 1.54) is 6.42 Å². The van der Waals surface area contributed by atoms with E-state index in [1.807, 2.05) is 0 Å². The molecule has 5 heteroatoms. The highest BCUT2D eigenvalue weighted by Crippen LogP contribution is 2.49. The van der Waals surface area contributed by atoms with Gasteiger partial charge in [0.05, 0.1) is 6.61 Å². The molecule has 3 unspecified atom stereocenters. The van der Waals surface area contributed by atoms with Crippen LogP contribution < -0.4 is 5.73 Å². The van der Waals surface area contributed by atoms with Crippen molar-refractivity contribution in [3.63, 3.8) is 0 Å². The van der Waals surface area contributed by atoms with E-state index in [-0.39, 0.29) is 6.61 Å². The van der Waals surface area contributed by atoms with Crippen LogP contribution in [0.4, 0.5) is 13.2 Å². The van der Waals surface area contributed by atoms with Crippen LogP contribution in [0.2, 0.25) is 0 Å². The molecule has 0 aliphatic heterocycles. The standard InChI is InChI=1S/C10H16F3NO/c11-10(12,13)6-15-5-9(14)4-7-1-2-8(9)3-7/h7-8H,1-6,14H2. The first-order chi connectivity index (χ1) is 6.89. The molecular weight excluding hydrogens is 207 g/mol. The number of nitrogens with two attached hydrogens (primary N) is 1. The number of alkyl halides is 3. The largest absolute Gasteiger partial charge is 0.411 e. The van der Waals surface area contributed by atoms with E-state index in [2.05, 4.69) is 4.74 Å². The Morgan fingerprint density at radius 2 is 2.07 bits per heavy atom. The SMILES string of the molecule is NC1(COCC(F)(F)F)CC2CCC1C2. The molecule has 2 N–H and O–H groups in total. The maximum absolute atomic E-state index is 11.9. The molecule has 88 valence electrons. The molecule has 2 nitrogen and oxygen atoms in total. The highest BCUT2D eigenvalue weighted by molar-refractivity contribution is 5.04. The monoisotopic (exact) mass is 223 g/mol. The minimum Gasteiger partial charge on any atom is -0.370 e. The van der Waals surface area contributed by atoms with Gasteiger partial charge in [0.25, 0.3) is 0 Å². The number of ether oxygens (including phenoxy) is 1. The van der Waals surface area contributed by atoms with Crippen LogP contribution in [0, 0.1) is 11.8 Å². The molecule has 0 spiro atoms. The fourth-order valence-electron chi connectivity index (χ4n) is 3.02. The lowest BCUT2D eigenvalue weighted by Gasteiger charge is -2.33. The molecule has 0 aromatic carbocycles. The van der Waals surface area contributed by atoms with Crippen molar-refractivity contribution in [3.05, 3.63) is 0 Å². The third-order valence-corrected chi connectivity index (χ3v) is 3.66. The molecule has 2 bridgehead atoms. The van der Waals surface area contributed by atoms with E-state index in [0.717, 1.165) is 19.3 Å². The lowest BCUT2D eigenvalue weighted by molar-refractivity contribution is -0.178. The van der Waals surface area contributed by atoms with Gasteiger partial charge in [0.15, 0.2) is 0 Å². The summed E-state index contributed by atoms with van der Waals surface area (Å²) in [6.07, 6.45) is -0.102. The van der Waals surface area contributed by atoms with Gasteiger partial charge in [-0.3, -0.25) is 0 Å². The summed E-state index contributed by atoms with van der Waals surface area (Å²) in [6, 6.07) is 0. The van der Waals surface area contributed by atoms with E-state index in [1.54, 1.807) is 0 Å². The molecule has 0 aromatic rings. The second kappa shape index (κ2) is 3.63. The Morgan fingerprint density at radius 1 is 1.33 bits per heavy atom. The lowest BCUT2D eigenvalue weighted by atomic mass is 9.82.